The first kappa shape index (κ1) is 14.6. The minimum atomic E-state index is -0.889. The predicted molar refractivity (Wildman–Crippen MR) is 76.5 cm³/mol. The Labute approximate surface area is 119 Å². The number of rotatable bonds is 4. The van der Waals surface area contributed by atoms with Gasteiger partial charge in [0, 0.05) is 6.54 Å². The van der Waals surface area contributed by atoms with E-state index in [0.717, 1.165) is 24.8 Å². The van der Waals surface area contributed by atoms with Crippen LogP contribution < -0.4 is 5.32 Å². The van der Waals surface area contributed by atoms with Crippen LogP contribution in [-0.2, 0) is 21.4 Å². The maximum absolute atomic E-state index is 12.5. The van der Waals surface area contributed by atoms with Gasteiger partial charge in [-0.2, -0.15) is 0 Å². The number of carboxylic acids is 1. The third-order valence-electron chi connectivity index (χ3n) is 4.23. The van der Waals surface area contributed by atoms with E-state index in [2.05, 4.69) is 11.4 Å². The molecule has 2 atom stereocenters. The van der Waals surface area contributed by atoms with E-state index in [1.54, 1.807) is 6.92 Å². The van der Waals surface area contributed by atoms with Gasteiger partial charge in [-0.3, -0.25) is 9.59 Å². The van der Waals surface area contributed by atoms with Gasteiger partial charge >= 0.3 is 5.97 Å². The highest BCUT2D eigenvalue weighted by Gasteiger charge is 2.38. The average Bonchev–Trinajstić information content (AvgIpc) is 2.44. The molecule has 2 unspecified atom stereocenters. The Balaban J connectivity index is 2.15. The van der Waals surface area contributed by atoms with Crippen LogP contribution in [0.15, 0.2) is 24.3 Å². The van der Waals surface area contributed by atoms with E-state index in [-0.39, 0.29) is 12.5 Å². The fourth-order valence-corrected chi connectivity index (χ4v) is 2.81. The lowest BCUT2D eigenvalue weighted by atomic mass is 9.70. The molecule has 4 heteroatoms. The van der Waals surface area contributed by atoms with E-state index in [9.17, 15) is 9.59 Å². The average molecular weight is 275 g/mol. The van der Waals surface area contributed by atoms with Crippen LogP contribution in [0.25, 0.3) is 0 Å². The zero-order chi connectivity index (χ0) is 14.8. The Morgan fingerprint density at radius 1 is 1.40 bits per heavy atom. The Morgan fingerprint density at radius 2 is 2.10 bits per heavy atom. The summed E-state index contributed by atoms with van der Waals surface area (Å²) in [5.74, 6) is -1.53. The number of aliphatic carboxylic acids is 1. The first-order valence-corrected chi connectivity index (χ1v) is 7.04. The Morgan fingerprint density at radius 3 is 2.80 bits per heavy atom. The third kappa shape index (κ3) is 2.69. The van der Waals surface area contributed by atoms with Crippen molar-refractivity contribution >= 4 is 11.9 Å². The number of carbonyl (C=O) groups is 2. The summed E-state index contributed by atoms with van der Waals surface area (Å²) in [5.41, 5.74) is 1.75. The van der Waals surface area contributed by atoms with Crippen LogP contribution in [0.2, 0.25) is 0 Å². The highest BCUT2D eigenvalue weighted by atomic mass is 16.4. The largest absolute Gasteiger partial charge is 0.481 e. The monoisotopic (exact) mass is 275 g/mol. The molecule has 0 fully saturated rings. The highest BCUT2D eigenvalue weighted by molar-refractivity contribution is 5.88. The van der Waals surface area contributed by atoms with E-state index < -0.39 is 17.3 Å². The number of nitrogens with one attached hydrogen (secondary N) is 1. The van der Waals surface area contributed by atoms with Crippen molar-refractivity contribution in [3.05, 3.63) is 35.4 Å². The Bertz CT molecular complexity index is 526. The van der Waals surface area contributed by atoms with Crippen LogP contribution in [0.4, 0.5) is 0 Å². The molecule has 1 aromatic carbocycles. The second-order valence-corrected chi connectivity index (χ2v) is 5.79. The number of hydrogen-bond acceptors (Lipinski definition) is 2. The molecule has 1 aliphatic rings. The number of fused-ring (bicyclic) bond motifs is 1. The van der Waals surface area contributed by atoms with Gasteiger partial charge in [-0.25, -0.2) is 0 Å². The summed E-state index contributed by atoms with van der Waals surface area (Å²) in [6.45, 7) is 3.72. The zero-order valence-corrected chi connectivity index (χ0v) is 12.0. The molecule has 0 saturated heterocycles. The van der Waals surface area contributed by atoms with Crippen LogP contribution in [-0.4, -0.2) is 23.5 Å². The van der Waals surface area contributed by atoms with Crippen molar-refractivity contribution in [3.8, 4) is 0 Å². The summed E-state index contributed by atoms with van der Waals surface area (Å²) >= 11 is 0. The van der Waals surface area contributed by atoms with Gasteiger partial charge in [-0.15, -0.1) is 0 Å². The van der Waals surface area contributed by atoms with Crippen molar-refractivity contribution in [2.45, 2.75) is 38.5 Å². The van der Waals surface area contributed by atoms with Crippen molar-refractivity contribution in [1.29, 1.82) is 0 Å². The lowest BCUT2D eigenvalue weighted by Crippen LogP contribution is -2.46. The van der Waals surface area contributed by atoms with E-state index in [1.165, 1.54) is 5.56 Å². The van der Waals surface area contributed by atoms with E-state index in [1.807, 2.05) is 25.1 Å². The van der Waals surface area contributed by atoms with Crippen LogP contribution in [0.1, 0.15) is 37.8 Å². The first-order valence-electron chi connectivity index (χ1n) is 7.04. The minimum absolute atomic E-state index is 0.0715. The van der Waals surface area contributed by atoms with Crippen molar-refractivity contribution in [2.75, 3.05) is 6.54 Å². The van der Waals surface area contributed by atoms with Gasteiger partial charge in [0.15, 0.2) is 0 Å². The van der Waals surface area contributed by atoms with Crippen molar-refractivity contribution in [3.63, 3.8) is 0 Å². The quantitative estimate of drug-likeness (QED) is 0.884. The van der Waals surface area contributed by atoms with Crippen molar-refractivity contribution < 1.29 is 14.7 Å². The number of amides is 1. The van der Waals surface area contributed by atoms with Crippen LogP contribution in [0.3, 0.4) is 0 Å². The molecule has 2 rings (SSSR count). The predicted octanol–water partition coefficient (Wildman–Crippen LogP) is 2.12. The van der Waals surface area contributed by atoms with E-state index in [0.29, 0.717) is 0 Å². The van der Waals surface area contributed by atoms with E-state index >= 15 is 0 Å². The summed E-state index contributed by atoms with van der Waals surface area (Å²) < 4.78 is 0. The number of carbonyl (C=O) groups excluding carboxylic acids is 1. The van der Waals surface area contributed by atoms with Gasteiger partial charge in [-0.1, -0.05) is 31.2 Å². The molecule has 0 radical (unpaired) electrons. The summed E-state index contributed by atoms with van der Waals surface area (Å²) in [4.78, 5) is 23.3. The molecule has 0 aliphatic heterocycles. The molecule has 0 heterocycles. The molecular weight excluding hydrogens is 254 g/mol. The van der Waals surface area contributed by atoms with Crippen molar-refractivity contribution in [1.82, 2.24) is 5.32 Å². The standard InChI is InChI=1S/C16H21NO3/c1-11(14(18)19)10-17-15(20)16(2)9-5-7-12-6-3-4-8-13(12)16/h3-4,6,8,11H,5,7,9-10H2,1-2H3,(H,17,20)(H,18,19). The molecular formula is C16H21NO3. The van der Waals surface area contributed by atoms with Gasteiger partial charge in [0.1, 0.15) is 0 Å². The minimum Gasteiger partial charge on any atom is -0.481 e. The molecule has 108 valence electrons. The van der Waals surface area contributed by atoms with Crippen LogP contribution in [0, 0.1) is 5.92 Å². The topological polar surface area (TPSA) is 66.4 Å². The SMILES string of the molecule is CC(CNC(=O)C1(C)CCCc2ccccc21)C(=O)O. The second kappa shape index (κ2) is 5.65. The smallest absolute Gasteiger partial charge is 0.308 e. The Kier molecular flexibility index (Phi) is 4.12. The normalized spacial score (nSPS) is 22.7. The fourth-order valence-electron chi connectivity index (χ4n) is 2.81. The number of carboxylic acid groups (broad SMARTS) is 1. The summed E-state index contributed by atoms with van der Waals surface area (Å²) in [5, 5.41) is 11.7. The summed E-state index contributed by atoms with van der Waals surface area (Å²) in [7, 11) is 0. The maximum Gasteiger partial charge on any atom is 0.308 e. The first-order chi connectivity index (χ1) is 9.45. The number of benzene rings is 1. The molecule has 0 saturated carbocycles. The van der Waals surface area contributed by atoms with Gasteiger partial charge in [-0.05, 0) is 37.3 Å². The molecule has 1 aliphatic carbocycles. The van der Waals surface area contributed by atoms with Gasteiger partial charge in [0.05, 0.1) is 11.3 Å². The van der Waals surface area contributed by atoms with E-state index in [4.69, 9.17) is 5.11 Å². The molecule has 2 N–H and O–H groups in total. The lowest BCUT2D eigenvalue weighted by molar-refractivity contribution is -0.141. The van der Waals surface area contributed by atoms with Gasteiger partial charge < -0.3 is 10.4 Å². The maximum atomic E-state index is 12.5. The molecule has 0 bridgehead atoms. The van der Waals surface area contributed by atoms with Gasteiger partial charge in [0.25, 0.3) is 0 Å². The summed E-state index contributed by atoms with van der Waals surface area (Å²) in [6, 6.07) is 8.03. The van der Waals surface area contributed by atoms with Crippen molar-refractivity contribution in [2.24, 2.45) is 5.92 Å². The number of aryl methyl sites for hydroxylation is 1. The zero-order valence-electron chi connectivity index (χ0n) is 12.0. The highest BCUT2D eigenvalue weighted by Crippen LogP contribution is 2.37. The van der Waals surface area contributed by atoms with Crippen LogP contribution in [0.5, 0.6) is 0 Å². The molecule has 0 spiro atoms. The fraction of sp³-hybridized carbons (Fsp3) is 0.500. The molecule has 0 aromatic heterocycles. The molecule has 20 heavy (non-hydrogen) atoms. The van der Waals surface area contributed by atoms with Crippen LogP contribution >= 0.6 is 0 Å². The van der Waals surface area contributed by atoms with Gasteiger partial charge in [0.2, 0.25) is 5.91 Å². The summed E-state index contributed by atoms with van der Waals surface area (Å²) in [6.07, 6.45) is 2.79. The molecule has 4 nitrogen and oxygen atoms in total. The Hall–Kier alpha value is -1.84. The molecule has 1 aromatic rings. The third-order valence-corrected chi connectivity index (χ3v) is 4.23. The number of hydrogen-bond donors (Lipinski definition) is 2. The molecule has 1 amide bonds. The second-order valence-electron chi connectivity index (χ2n) is 5.79. The lowest BCUT2D eigenvalue weighted by Gasteiger charge is -2.34.